The molecule has 2 heterocycles. The van der Waals surface area contributed by atoms with Crippen molar-refractivity contribution in [2.75, 3.05) is 13.7 Å². The Bertz CT molecular complexity index is 732. The number of hydrogen-bond donors (Lipinski definition) is 4. The van der Waals surface area contributed by atoms with Gasteiger partial charge in [-0.25, -0.2) is 0 Å². The van der Waals surface area contributed by atoms with Crippen molar-refractivity contribution in [2.45, 2.75) is 36.9 Å². The third-order valence-electron chi connectivity index (χ3n) is 4.50. The second-order valence-electron chi connectivity index (χ2n) is 6.22. The molecule has 1 fully saturated rings. The number of halogens is 1. The summed E-state index contributed by atoms with van der Waals surface area (Å²) < 4.78 is 11.3. The van der Waals surface area contributed by atoms with E-state index in [0.717, 1.165) is 16.9 Å². The molecule has 1 saturated heterocycles. The number of rotatable bonds is 5. The minimum atomic E-state index is -1.41. The topological polar surface area (TPSA) is 99.4 Å². The van der Waals surface area contributed by atoms with E-state index in [4.69, 9.17) is 21.1 Å². The largest absolute Gasteiger partial charge is 0.497 e. The van der Waals surface area contributed by atoms with Crippen LogP contribution in [0, 0.1) is 0 Å². The fourth-order valence-corrected chi connectivity index (χ4v) is 4.36. The standard InChI is InChI=1S/C18H21ClO6S/c1-24-11-4-2-9(3-5-11)6-10-7-13(26-18(10)19)17-16(23)15(22)14(21)12(8-20)25-17/h2-5,7,12,14-17,20-23H,6,8H2,1H3/t12?,14-,15+,16-,17+/m1/s1. The highest BCUT2D eigenvalue weighted by molar-refractivity contribution is 7.16. The summed E-state index contributed by atoms with van der Waals surface area (Å²) in [5, 5.41) is 39.4. The van der Waals surface area contributed by atoms with Crippen LogP contribution in [0.5, 0.6) is 5.75 Å². The Morgan fingerprint density at radius 2 is 1.81 bits per heavy atom. The zero-order chi connectivity index (χ0) is 18.8. The minimum Gasteiger partial charge on any atom is -0.497 e. The summed E-state index contributed by atoms with van der Waals surface area (Å²) in [4.78, 5) is 0.635. The van der Waals surface area contributed by atoms with Gasteiger partial charge in [-0.2, -0.15) is 0 Å². The van der Waals surface area contributed by atoms with Crippen molar-refractivity contribution in [3.8, 4) is 5.75 Å². The SMILES string of the molecule is COc1ccc(Cc2cc([C@@H]3OC(CO)[C@@H](O)[C@H](O)[C@H]3O)sc2Cl)cc1. The molecule has 1 unspecified atom stereocenters. The smallest absolute Gasteiger partial charge is 0.121 e. The normalized spacial score (nSPS) is 28.9. The molecule has 0 spiro atoms. The average Bonchev–Trinajstić information content (AvgIpc) is 3.01. The van der Waals surface area contributed by atoms with Crippen molar-refractivity contribution >= 4 is 22.9 Å². The highest BCUT2D eigenvalue weighted by atomic mass is 35.5. The minimum absolute atomic E-state index is 0.459. The maximum atomic E-state index is 10.3. The molecule has 3 rings (SSSR count). The Balaban J connectivity index is 1.80. The second-order valence-corrected chi connectivity index (χ2v) is 7.91. The van der Waals surface area contributed by atoms with Gasteiger partial charge in [0.25, 0.3) is 0 Å². The van der Waals surface area contributed by atoms with Crippen molar-refractivity contribution in [1.29, 1.82) is 0 Å². The highest BCUT2D eigenvalue weighted by Crippen LogP contribution is 2.39. The maximum absolute atomic E-state index is 10.3. The van der Waals surface area contributed by atoms with Crippen LogP contribution in [0.2, 0.25) is 4.34 Å². The van der Waals surface area contributed by atoms with E-state index in [-0.39, 0.29) is 0 Å². The number of benzene rings is 1. The molecule has 1 aromatic carbocycles. The number of ether oxygens (including phenoxy) is 2. The molecular formula is C18H21ClO6S. The van der Waals surface area contributed by atoms with Crippen LogP contribution in [0.4, 0.5) is 0 Å². The maximum Gasteiger partial charge on any atom is 0.121 e. The van der Waals surface area contributed by atoms with Gasteiger partial charge in [0, 0.05) is 4.88 Å². The Morgan fingerprint density at radius 3 is 2.42 bits per heavy atom. The van der Waals surface area contributed by atoms with Gasteiger partial charge in [-0.05, 0) is 35.7 Å². The van der Waals surface area contributed by atoms with Gasteiger partial charge in [-0.15, -0.1) is 11.3 Å². The first-order valence-electron chi connectivity index (χ1n) is 8.16. The zero-order valence-electron chi connectivity index (χ0n) is 14.1. The van der Waals surface area contributed by atoms with Crippen LogP contribution in [0.25, 0.3) is 0 Å². The fourth-order valence-electron chi connectivity index (χ4n) is 2.99. The summed E-state index contributed by atoms with van der Waals surface area (Å²) in [5.41, 5.74) is 1.92. The molecule has 1 aliphatic heterocycles. The first kappa shape index (κ1) is 19.6. The lowest BCUT2D eigenvalue weighted by molar-refractivity contribution is -0.230. The lowest BCUT2D eigenvalue weighted by Crippen LogP contribution is -2.55. The summed E-state index contributed by atoms with van der Waals surface area (Å²) in [6, 6.07) is 9.45. The summed E-state index contributed by atoms with van der Waals surface area (Å²) >= 11 is 7.60. The first-order valence-corrected chi connectivity index (χ1v) is 9.35. The molecule has 0 aliphatic carbocycles. The fraction of sp³-hybridized carbons (Fsp3) is 0.444. The van der Waals surface area contributed by atoms with E-state index in [1.165, 1.54) is 11.3 Å². The van der Waals surface area contributed by atoms with E-state index in [1.807, 2.05) is 30.3 Å². The third kappa shape index (κ3) is 3.89. The van der Waals surface area contributed by atoms with Crippen LogP contribution in [-0.2, 0) is 11.2 Å². The van der Waals surface area contributed by atoms with Crippen molar-refractivity contribution in [2.24, 2.45) is 0 Å². The quantitative estimate of drug-likeness (QED) is 0.607. The van der Waals surface area contributed by atoms with Gasteiger partial charge in [-0.1, -0.05) is 23.7 Å². The van der Waals surface area contributed by atoms with Gasteiger partial charge in [0.05, 0.1) is 18.1 Å². The Kier molecular flexibility index (Phi) is 6.19. The molecule has 0 bridgehead atoms. The molecule has 26 heavy (non-hydrogen) atoms. The van der Waals surface area contributed by atoms with E-state index in [2.05, 4.69) is 0 Å². The van der Waals surface area contributed by atoms with E-state index >= 15 is 0 Å². The van der Waals surface area contributed by atoms with Crippen LogP contribution in [0.3, 0.4) is 0 Å². The summed E-state index contributed by atoms with van der Waals surface area (Å²) in [6.45, 7) is -0.459. The van der Waals surface area contributed by atoms with Gasteiger partial charge in [0.15, 0.2) is 0 Å². The van der Waals surface area contributed by atoms with Gasteiger partial charge in [-0.3, -0.25) is 0 Å². The lowest BCUT2D eigenvalue weighted by Gasteiger charge is -2.39. The van der Waals surface area contributed by atoms with Gasteiger partial charge < -0.3 is 29.9 Å². The first-order chi connectivity index (χ1) is 12.4. The predicted molar refractivity (Wildman–Crippen MR) is 97.8 cm³/mol. The summed E-state index contributed by atoms with van der Waals surface area (Å²) in [7, 11) is 1.61. The van der Waals surface area contributed by atoms with E-state index in [9.17, 15) is 20.4 Å². The van der Waals surface area contributed by atoms with Gasteiger partial charge in [0.1, 0.15) is 36.3 Å². The molecule has 0 saturated carbocycles. The molecule has 1 aromatic heterocycles. The molecule has 5 atom stereocenters. The molecule has 4 N–H and O–H groups in total. The van der Waals surface area contributed by atoms with Gasteiger partial charge >= 0.3 is 0 Å². The number of thiophene rings is 1. The van der Waals surface area contributed by atoms with Crippen LogP contribution in [0.1, 0.15) is 22.1 Å². The zero-order valence-corrected chi connectivity index (χ0v) is 15.7. The predicted octanol–water partition coefficient (Wildman–Crippen LogP) is 1.52. The number of aliphatic hydroxyl groups excluding tert-OH is 4. The number of hydrogen-bond acceptors (Lipinski definition) is 7. The third-order valence-corrected chi connectivity index (χ3v) is 6.00. The Morgan fingerprint density at radius 1 is 1.12 bits per heavy atom. The van der Waals surface area contributed by atoms with Crippen molar-refractivity contribution < 1.29 is 29.9 Å². The Labute approximate surface area is 160 Å². The van der Waals surface area contributed by atoms with Crippen molar-refractivity contribution in [3.05, 3.63) is 50.7 Å². The number of methoxy groups -OCH3 is 1. The number of aliphatic hydroxyl groups is 4. The van der Waals surface area contributed by atoms with Crippen LogP contribution < -0.4 is 4.74 Å². The second kappa shape index (κ2) is 8.22. The van der Waals surface area contributed by atoms with E-state index < -0.39 is 37.1 Å². The van der Waals surface area contributed by atoms with Crippen molar-refractivity contribution in [1.82, 2.24) is 0 Å². The molecule has 0 radical (unpaired) electrons. The monoisotopic (exact) mass is 400 g/mol. The van der Waals surface area contributed by atoms with Crippen LogP contribution in [-0.4, -0.2) is 58.6 Å². The molecule has 0 amide bonds. The Hall–Kier alpha value is -1.19. The van der Waals surface area contributed by atoms with Crippen LogP contribution >= 0.6 is 22.9 Å². The van der Waals surface area contributed by atoms with Crippen LogP contribution in [0.15, 0.2) is 30.3 Å². The van der Waals surface area contributed by atoms with Crippen molar-refractivity contribution in [3.63, 3.8) is 0 Å². The van der Waals surface area contributed by atoms with E-state index in [1.54, 1.807) is 7.11 Å². The summed E-state index contributed by atoms with van der Waals surface area (Å²) in [5.74, 6) is 0.771. The molecule has 8 heteroatoms. The van der Waals surface area contributed by atoms with Gasteiger partial charge in [0.2, 0.25) is 0 Å². The lowest BCUT2D eigenvalue weighted by atomic mass is 9.94. The molecule has 142 valence electrons. The van der Waals surface area contributed by atoms with E-state index in [0.29, 0.717) is 15.6 Å². The molecule has 1 aliphatic rings. The summed E-state index contributed by atoms with van der Waals surface area (Å²) in [6.07, 6.45) is -5.30. The highest BCUT2D eigenvalue weighted by Gasteiger charge is 2.44. The molecule has 2 aromatic rings. The molecule has 6 nitrogen and oxygen atoms in total. The average molecular weight is 401 g/mol. The molecular weight excluding hydrogens is 380 g/mol.